The van der Waals surface area contributed by atoms with Crippen LogP contribution in [0.15, 0.2) is 28.9 Å². The summed E-state index contributed by atoms with van der Waals surface area (Å²) >= 11 is 7.33. The van der Waals surface area contributed by atoms with Crippen LogP contribution in [0.4, 0.5) is 5.13 Å². The van der Waals surface area contributed by atoms with Crippen molar-refractivity contribution in [2.24, 2.45) is 0 Å². The first-order valence-electron chi connectivity index (χ1n) is 7.59. The number of oxazole rings is 1. The summed E-state index contributed by atoms with van der Waals surface area (Å²) in [7, 11) is 0. The van der Waals surface area contributed by atoms with E-state index in [0.29, 0.717) is 29.3 Å². The van der Waals surface area contributed by atoms with Gasteiger partial charge in [-0.1, -0.05) is 22.9 Å². The third-order valence-corrected chi connectivity index (χ3v) is 5.06. The predicted molar refractivity (Wildman–Crippen MR) is 91.9 cm³/mol. The SMILES string of the molecule is O=C(Nc1nc2ccc(Cl)cc2s1)c1coc(C2CCOCC2)n1. The van der Waals surface area contributed by atoms with Crippen LogP contribution in [-0.4, -0.2) is 29.1 Å². The minimum absolute atomic E-state index is 0.213. The second-order valence-electron chi connectivity index (χ2n) is 5.54. The summed E-state index contributed by atoms with van der Waals surface area (Å²) in [5, 5.41) is 3.91. The monoisotopic (exact) mass is 363 g/mol. The van der Waals surface area contributed by atoms with E-state index in [1.54, 1.807) is 6.07 Å². The number of carbonyl (C=O) groups is 1. The molecule has 1 amide bonds. The Bertz CT molecular complexity index is 886. The number of aromatic nitrogens is 2. The Labute approximate surface area is 146 Å². The van der Waals surface area contributed by atoms with E-state index >= 15 is 0 Å². The van der Waals surface area contributed by atoms with Crippen LogP contribution in [0.5, 0.6) is 0 Å². The topological polar surface area (TPSA) is 77.2 Å². The number of amides is 1. The van der Waals surface area contributed by atoms with Gasteiger partial charge in [-0.25, -0.2) is 9.97 Å². The third-order valence-electron chi connectivity index (χ3n) is 3.90. The molecule has 3 heterocycles. The third kappa shape index (κ3) is 3.15. The fourth-order valence-electron chi connectivity index (χ4n) is 2.64. The normalized spacial score (nSPS) is 15.7. The van der Waals surface area contributed by atoms with E-state index in [1.807, 2.05) is 12.1 Å². The first-order valence-corrected chi connectivity index (χ1v) is 8.79. The van der Waals surface area contributed by atoms with Crippen molar-refractivity contribution in [3.63, 3.8) is 0 Å². The van der Waals surface area contributed by atoms with Gasteiger partial charge in [0.15, 0.2) is 16.7 Å². The molecule has 2 aromatic heterocycles. The first-order chi connectivity index (χ1) is 11.7. The fourth-order valence-corrected chi connectivity index (χ4v) is 3.77. The Morgan fingerprint density at radius 3 is 2.96 bits per heavy atom. The lowest BCUT2D eigenvalue weighted by Gasteiger charge is -2.18. The van der Waals surface area contributed by atoms with Gasteiger partial charge in [-0.3, -0.25) is 10.1 Å². The lowest BCUT2D eigenvalue weighted by Crippen LogP contribution is -2.15. The molecule has 1 saturated heterocycles. The van der Waals surface area contributed by atoms with Gasteiger partial charge in [0.2, 0.25) is 0 Å². The van der Waals surface area contributed by atoms with Crippen LogP contribution in [0.3, 0.4) is 0 Å². The van der Waals surface area contributed by atoms with Crippen molar-refractivity contribution in [1.29, 1.82) is 0 Å². The molecule has 24 heavy (non-hydrogen) atoms. The highest BCUT2D eigenvalue weighted by atomic mass is 35.5. The predicted octanol–water partition coefficient (Wildman–Crippen LogP) is 4.08. The Hall–Kier alpha value is -1.96. The lowest BCUT2D eigenvalue weighted by atomic mass is 10.0. The minimum Gasteiger partial charge on any atom is -0.448 e. The largest absolute Gasteiger partial charge is 0.448 e. The van der Waals surface area contributed by atoms with Crippen LogP contribution >= 0.6 is 22.9 Å². The highest BCUT2D eigenvalue weighted by Gasteiger charge is 2.23. The van der Waals surface area contributed by atoms with E-state index in [1.165, 1.54) is 17.6 Å². The van der Waals surface area contributed by atoms with Gasteiger partial charge >= 0.3 is 0 Å². The van der Waals surface area contributed by atoms with Crippen molar-refractivity contribution in [3.8, 4) is 0 Å². The number of carbonyl (C=O) groups excluding carboxylic acids is 1. The van der Waals surface area contributed by atoms with Crippen molar-refractivity contribution >= 4 is 44.2 Å². The number of hydrogen-bond donors (Lipinski definition) is 1. The van der Waals surface area contributed by atoms with Crippen LogP contribution < -0.4 is 5.32 Å². The average molecular weight is 364 g/mol. The van der Waals surface area contributed by atoms with Gasteiger partial charge in [0.1, 0.15) is 6.26 Å². The number of halogens is 1. The molecule has 0 atom stereocenters. The molecule has 0 bridgehead atoms. The van der Waals surface area contributed by atoms with E-state index in [4.69, 9.17) is 20.8 Å². The first kappa shape index (κ1) is 15.6. The van der Waals surface area contributed by atoms with Gasteiger partial charge < -0.3 is 9.15 Å². The standard InChI is InChI=1S/C16H14ClN3O3S/c17-10-1-2-11-13(7-10)24-16(19-11)20-14(21)12-8-23-15(18-12)9-3-5-22-6-4-9/h1-2,7-9H,3-6H2,(H,19,20,21). The summed E-state index contributed by atoms with van der Waals surface area (Å²) in [5.74, 6) is 0.478. The Kier molecular flexibility index (Phi) is 4.22. The molecule has 1 fully saturated rings. The minimum atomic E-state index is -0.331. The number of thiazole rings is 1. The van der Waals surface area contributed by atoms with Gasteiger partial charge in [0.05, 0.1) is 10.2 Å². The molecule has 124 valence electrons. The molecule has 3 aromatic rings. The number of nitrogens with zero attached hydrogens (tertiary/aromatic N) is 2. The lowest BCUT2D eigenvalue weighted by molar-refractivity contribution is 0.0794. The van der Waals surface area contributed by atoms with Crippen LogP contribution in [0, 0.1) is 0 Å². The number of ether oxygens (including phenoxy) is 1. The van der Waals surface area contributed by atoms with Gasteiger partial charge in [-0.2, -0.15) is 0 Å². The zero-order valence-electron chi connectivity index (χ0n) is 12.6. The van der Waals surface area contributed by atoms with Crippen molar-refractivity contribution in [2.45, 2.75) is 18.8 Å². The van der Waals surface area contributed by atoms with Gasteiger partial charge in [-0.05, 0) is 31.0 Å². The number of hydrogen-bond acceptors (Lipinski definition) is 6. The number of nitrogens with one attached hydrogen (secondary N) is 1. The summed E-state index contributed by atoms with van der Waals surface area (Å²) in [6.07, 6.45) is 3.12. The van der Waals surface area contributed by atoms with Crippen LogP contribution in [0.2, 0.25) is 5.02 Å². The quantitative estimate of drug-likeness (QED) is 0.758. The number of benzene rings is 1. The van der Waals surface area contributed by atoms with E-state index in [-0.39, 0.29) is 17.5 Å². The Balaban J connectivity index is 1.49. The van der Waals surface area contributed by atoms with Gasteiger partial charge in [0.25, 0.3) is 5.91 Å². The molecule has 0 unspecified atom stereocenters. The molecular weight excluding hydrogens is 350 g/mol. The van der Waals surface area contributed by atoms with E-state index in [9.17, 15) is 4.79 Å². The molecule has 0 spiro atoms. The average Bonchev–Trinajstić information content (AvgIpc) is 3.22. The fraction of sp³-hybridized carbons (Fsp3) is 0.312. The molecule has 0 radical (unpaired) electrons. The van der Waals surface area contributed by atoms with Crippen LogP contribution in [0.1, 0.15) is 35.1 Å². The molecule has 1 aliphatic heterocycles. The summed E-state index contributed by atoms with van der Waals surface area (Å²) in [6.45, 7) is 1.39. The summed E-state index contributed by atoms with van der Waals surface area (Å²) in [6, 6.07) is 5.42. The summed E-state index contributed by atoms with van der Waals surface area (Å²) in [5.41, 5.74) is 1.05. The van der Waals surface area contributed by atoms with E-state index < -0.39 is 0 Å². The molecule has 4 rings (SSSR count). The molecule has 1 aromatic carbocycles. The summed E-state index contributed by atoms with van der Waals surface area (Å²) in [4.78, 5) is 21.0. The molecular formula is C16H14ClN3O3S. The van der Waals surface area contributed by atoms with E-state index in [0.717, 1.165) is 23.1 Å². The number of anilines is 1. The second-order valence-corrected chi connectivity index (χ2v) is 7.01. The number of rotatable bonds is 3. The summed E-state index contributed by atoms with van der Waals surface area (Å²) < 4.78 is 11.7. The molecule has 6 nitrogen and oxygen atoms in total. The molecule has 0 saturated carbocycles. The Morgan fingerprint density at radius 1 is 1.29 bits per heavy atom. The maximum atomic E-state index is 12.3. The van der Waals surface area contributed by atoms with Crippen molar-refractivity contribution < 1.29 is 13.9 Å². The molecule has 8 heteroatoms. The molecule has 1 N–H and O–H groups in total. The van der Waals surface area contributed by atoms with Crippen LogP contribution in [0.25, 0.3) is 10.2 Å². The Morgan fingerprint density at radius 2 is 2.12 bits per heavy atom. The number of fused-ring (bicyclic) bond motifs is 1. The second kappa shape index (κ2) is 6.51. The smallest absolute Gasteiger partial charge is 0.279 e. The highest BCUT2D eigenvalue weighted by molar-refractivity contribution is 7.22. The molecule has 1 aliphatic rings. The van der Waals surface area contributed by atoms with Gasteiger partial charge in [0, 0.05) is 24.2 Å². The van der Waals surface area contributed by atoms with Crippen LogP contribution in [-0.2, 0) is 4.74 Å². The maximum Gasteiger partial charge on any atom is 0.279 e. The zero-order valence-corrected chi connectivity index (χ0v) is 14.2. The van der Waals surface area contributed by atoms with Crippen molar-refractivity contribution in [2.75, 3.05) is 18.5 Å². The van der Waals surface area contributed by atoms with E-state index in [2.05, 4.69) is 15.3 Å². The zero-order chi connectivity index (χ0) is 16.5. The van der Waals surface area contributed by atoms with Crippen molar-refractivity contribution in [1.82, 2.24) is 9.97 Å². The van der Waals surface area contributed by atoms with Crippen molar-refractivity contribution in [3.05, 3.63) is 41.1 Å². The highest BCUT2D eigenvalue weighted by Crippen LogP contribution is 2.29. The molecule has 0 aliphatic carbocycles. The van der Waals surface area contributed by atoms with Gasteiger partial charge in [-0.15, -0.1) is 0 Å². The maximum absolute atomic E-state index is 12.3.